The number of hydrogen-bond donors (Lipinski definition) is 0. The normalized spacial score (nSPS) is 21.1. The van der Waals surface area contributed by atoms with E-state index < -0.39 is 0 Å². The molecule has 0 aromatic heterocycles. The molecule has 0 bridgehead atoms. The van der Waals surface area contributed by atoms with Gasteiger partial charge in [0.1, 0.15) is 0 Å². The molecule has 1 fully saturated rings. The van der Waals surface area contributed by atoms with Crippen molar-refractivity contribution in [1.82, 2.24) is 4.90 Å². The molecule has 1 saturated heterocycles. The van der Waals surface area contributed by atoms with E-state index in [0.717, 1.165) is 30.1 Å². The molecule has 1 aromatic carbocycles. The van der Waals surface area contributed by atoms with Crippen LogP contribution in [0.25, 0.3) is 0 Å². The number of piperidine rings is 1. The van der Waals surface area contributed by atoms with Gasteiger partial charge in [0.05, 0.1) is 17.0 Å². The van der Waals surface area contributed by atoms with E-state index in [9.17, 15) is 4.79 Å². The van der Waals surface area contributed by atoms with Gasteiger partial charge in [-0.1, -0.05) is 17.7 Å². The fourth-order valence-corrected chi connectivity index (χ4v) is 2.76. The first-order valence-electron chi connectivity index (χ1n) is 7.58. The second-order valence-electron chi connectivity index (χ2n) is 5.78. The van der Waals surface area contributed by atoms with Crippen LogP contribution in [0.3, 0.4) is 0 Å². The molecule has 0 aliphatic carbocycles. The van der Waals surface area contributed by atoms with Gasteiger partial charge in [-0.05, 0) is 45.2 Å². The van der Waals surface area contributed by atoms with Gasteiger partial charge in [-0.15, -0.1) is 0 Å². The van der Waals surface area contributed by atoms with Crippen LogP contribution in [0.15, 0.2) is 41.1 Å². The van der Waals surface area contributed by atoms with Gasteiger partial charge in [0, 0.05) is 19.3 Å². The summed E-state index contributed by atoms with van der Waals surface area (Å²) in [6, 6.07) is 7.88. The highest BCUT2D eigenvalue weighted by Gasteiger charge is 2.29. The number of amides is 1. The Morgan fingerprint density at radius 1 is 1.05 bits per heavy atom. The molecular weight excluding hydrogens is 262 g/mol. The predicted molar refractivity (Wildman–Crippen MR) is 85.3 cm³/mol. The smallest absolute Gasteiger partial charge is 0.282 e. The van der Waals surface area contributed by atoms with Gasteiger partial charge >= 0.3 is 0 Å². The van der Waals surface area contributed by atoms with Crippen LogP contribution in [0.1, 0.15) is 31.7 Å². The lowest BCUT2D eigenvalue weighted by Crippen LogP contribution is -2.27. The molecule has 0 spiro atoms. The van der Waals surface area contributed by atoms with Crippen LogP contribution < -0.4 is 5.01 Å². The van der Waals surface area contributed by atoms with E-state index in [4.69, 9.17) is 0 Å². The molecule has 1 amide bonds. The Bertz CT molecular complexity index is 595. The summed E-state index contributed by atoms with van der Waals surface area (Å²) >= 11 is 0. The topological polar surface area (TPSA) is 35.9 Å². The lowest BCUT2D eigenvalue weighted by Gasteiger charge is -2.25. The third-order valence-electron chi connectivity index (χ3n) is 4.04. The quantitative estimate of drug-likeness (QED) is 0.782. The third-order valence-corrected chi connectivity index (χ3v) is 4.04. The average molecular weight is 283 g/mol. The number of likely N-dealkylation sites (tertiary alicyclic amines) is 1. The Balaban J connectivity index is 1.83. The summed E-state index contributed by atoms with van der Waals surface area (Å²) in [5, 5.41) is 5.93. The van der Waals surface area contributed by atoms with Crippen molar-refractivity contribution in [2.75, 3.05) is 18.1 Å². The molecular formula is C17H21N3O. The van der Waals surface area contributed by atoms with Crippen LogP contribution >= 0.6 is 0 Å². The second-order valence-corrected chi connectivity index (χ2v) is 5.78. The van der Waals surface area contributed by atoms with Crippen molar-refractivity contribution < 1.29 is 4.79 Å². The molecule has 4 heteroatoms. The minimum atomic E-state index is -0.0260. The summed E-state index contributed by atoms with van der Waals surface area (Å²) in [6.45, 7) is 6.01. The molecule has 0 unspecified atom stereocenters. The molecule has 0 saturated carbocycles. The molecule has 21 heavy (non-hydrogen) atoms. The minimum Gasteiger partial charge on any atom is -0.377 e. The molecule has 2 heterocycles. The fraction of sp³-hybridized carbons (Fsp3) is 0.412. The Hall–Kier alpha value is -2.10. The summed E-state index contributed by atoms with van der Waals surface area (Å²) in [4.78, 5) is 14.8. The van der Waals surface area contributed by atoms with Gasteiger partial charge in [-0.2, -0.15) is 10.1 Å². The van der Waals surface area contributed by atoms with Crippen LogP contribution in [-0.2, 0) is 4.79 Å². The van der Waals surface area contributed by atoms with Crippen molar-refractivity contribution in [1.29, 1.82) is 0 Å². The number of rotatable bonds is 2. The standard InChI is InChI=1S/C17H21N3O/c1-13-6-8-15(9-7-13)20-17(21)16(14(2)18-20)12-19-10-4-3-5-11-19/h6-9,12H,3-5,10-11H2,1-2H3. The van der Waals surface area contributed by atoms with Crippen molar-refractivity contribution >= 4 is 17.3 Å². The minimum absolute atomic E-state index is 0.0260. The van der Waals surface area contributed by atoms with Gasteiger partial charge < -0.3 is 4.90 Å². The van der Waals surface area contributed by atoms with Crippen molar-refractivity contribution in [3.63, 3.8) is 0 Å². The zero-order valence-corrected chi connectivity index (χ0v) is 12.7. The summed E-state index contributed by atoms with van der Waals surface area (Å²) in [7, 11) is 0. The zero-order chi connectivity index (χ0) is 14.8. The van der Waals surface area contributed by atoms with Crippen LogP contribution in [0.2, 0.25) is 0 Å². The van der Waals surface area contributed by atoms with E-state index in [1.165, 1.54) is 29.8 Å². The monoisotopic (exact) mass is 283 g/mol. The molecule has 1 aromatic rings. The van der Waals surface area contributed by atoms with Gasteiger partial charge in [0.2, 0.25) is 0 Å². The maximum Gasteiger partial charge on any atom is 0.282 e. The van der Waals surface area contributed by atoms with Crippen LogP contribution in [0, 0.1) is 6.92 Å². The van der Waals surface area contributed by atoms with Crippen molar-refractivity contribution in [3.8, 4) is 0 Å². The first-order valence-corrected chi connectivity index (χ1v) is 7.58. The van der Waals surface area contributed by atoms with Crippen LogP contribution in [0.5, 0.6) is 0 Å². The maximum atomic E-state index is 12.6. The predicted octanol–water partition coefficient (Wildman–Crippen LogP) is 3.09. The highest BCUT2D eigenvalue weighted by atomic mass is 16.2. The Labute approximate surface area is 125 Å². The Morgan fingerprint density at radius 2 is 1.71 bits per heavy atom. The number of carbonyl (C=O) groups excluding carboxylic acids is 1. The largest absolute Gasteiger partial charge is 0.377 e. The van der Waals surface area contributed by atoms with Gasteiger partial charge in [0.25, 0.3) is 5.91 Å². The molecule has 0 atom stereocenters. The highest BCUT2D eigenvalue weighted by molar-refractivity contribution is 6.29. The van der Waals surface area contributed by atoms with Gasteiger partial charge in [0.15, 0.2) is 0 Å². The van der Waals surface area contributed by atoms with Gasteiger partial charge in [-0.25, -0.2) is 0 Å². The summed E-state index contributed by atoms with van der Waals surface area (Å²) in [5.41, 5.74) is 3.52. The molecule has 0 N–H and O–H groups in total. The average Bonchev–Trinajstić information content (AvgIpc) is 2.77. The number of anilines is 1. The summed E-state index contributed by atoms with van der Waals surface area (Å²) in [5.74, 6) is -0.0260. The van der Waals surface area contributed by atoms with Crippen LogP contribution in [-0.4, -0.2) is 29.6 Å². The number of hydrogen-bond acceptors (Lipinski definition) is 3. The van der Waals surface area contributed by atoms with E-state index in [-0.39, 0.29) is 5.91 Å². The molecule has 2 aliphatic heterocycles. The number of carbonyl (C=O) groups is 1. The number of hydrazone groups is 1. The number of aryl methyl sites for hydroxylation is 1. The van der Waals surface area contributed by atoms with E-state index in [0.29, 0.717) is 0 Å². The first-order chi connectivity index (χ1) is 10.1. The molecule has 0 radical (unpaired) electrons. The summed E-state index contributed by atoms with van der Waals surface area (Å²) in [6.07, 6.45) is 5.69. The van der Waals surface area contributed by atoms with Gasteiger partial charge in [-0.3, -0.25) is 4.79 Å². The highest BCUT2D eigenvalue weighted by Crippen LogP contribution is 2.24. The Morgan fingerprint density at radius 3 is 2.38 bits per heavy atom. The fourth-order valence-electron chi connectivity index (χ4n) is 2.76. The Kier molecular flexibility index (Phi) is 3.78. The van der Waals surface area contributed by atoms with Crippen molar-refractivity contribution in [2.24, 2.45) is 5.10 Å². The zero-order valence-electron chi connectivity index (χ0n) is 12.7. The molecule has 110 valence electrons. The third kappa shape index (κ3) is 2.84. The summed E-state index contributed by atoms with van der Waals surface area (Å²) < 4.78 is 0. The second kappa shape index (κ2) is 5.72. The molecule has 3 rings (SSSR count). The molecule has 4 nitrogen and oxygen atoms in total. The maximum absolute atomic E-state index is 12.6. The SMILES string of the molecule is CC1=NN(c2ccc(C)cc2)C(=O)C1=CN1CCCCC1. The van der Waals surface area contributed by atoms with Crippen molar-refractivity contribution in [3.05, 3.63) is 41.6 Å². The van der Waals surface area contributed by atoms with Crippen molar-refractivity contribution in [2.45, 2.75) is 33.1 Å². The van der Waals surface area contributed by atoms with Crippen LogP contribution in [0.4, 0.5) is 5.69 Å². The first kappa shape index (κ1) is 13.9. The van der Waals surface area contributed by atoms with E-state index in [2.05, 4.69) is 10.0 Å². The van der Waals surface area contributed by atoms with E-state index in [1.54, 1.807) is 0 Å². The number of benzene rings is 1. The van der Waals surface area contributed by atoms with E-state index >= 15 is 0 Å². The lowest BCUT2D eigenvalue weighted by molar-refractivity contribution is -0.114. The lowest BCUT2D eigenvalue weighted by atomic mass is 10.1. The number of nitrogens with zero attached hydrogens (tertiary/aromatic N) is 3. The molecule has 2 aliphatic rings. The van der Waals surface area contributed by atoms with E-state index in [1.807, 2.05) is 44.3 Å².